The first kappa shape index (κ1) is 22.3. The van der Waals surface area contributed by atoms with E-state index in [1.807, 2.05) is 39.8 Å². The summed E-state index contributed by atoms with van der Waals surface area (Å²) in [4.78, 5) is 14.8. The van der Waals surface area contributed by atoms with Gasteiger partial charge >= 0.3 is 0 Å². The number of nitrogens with one attached hydrogen (secondary N) is 1. The van der Waals surface area contributed by atoms with Crippen LogP contribution in [0.3, 0.4) is 0 Å². The van der Waals surface area contributed by atoms with Gasteiger partial charge in [-0.25, -0.2) is 8.42 Å². The highest BCUT2D eigenvalue weighted by Crippen LogP contribution is 2.28. The fourth-order valence-electron chi connectivity index (χ4n) is 3.47. The van der Waals surface area contributed by atoms with Crippen LogP contribution in [0.1, 0.15) is 49.2 Å². The van der Waals surface area contributed by atoms with Crippen LogP contribution in [0.2, 0.25) is 0 Å². The van der Waals surface area contributed by atoms with Crippen molar-refractivity contribution in [3.63, 3.8) is 0 Å². The Kier molecular flexibility index (Phi) is 6.24. The van der Waals surface area contributed by atoms with Gasteiger partial charge in [0, 0.05) is 24.3 Å². The number of morpholine rings is 1. The number of sulfonamides is 1. The predicted molar refractivity (Wildman–Crippen MR) is 118 cm³/mol. The van der Waals surface area contributed by atoms with E-state index in [1.165, 1.54) is 0 Å². The van der Waals surface area contributed by atoms with Gasteiger partial charge in [0.2, 0.25) is 0 Å². The molecule has 1 heterocycles. The average Bonchev–Trinajstić information content (AvgIpc) is 2.66. The molecule has 2 aromatic rings. The van der Waals surface area contributed by atoms with E-state index < -0.39 is 10.0 Å². The van der Waals surface area contributed by atoms with Crippen LogP contribution in [0.4, 0.5) is 5.69 Å². The molecule has 1 atom stereocenters. The molecule has 0 saturated carbocycles. The average molecular weight is 431 g/mol. The second-order valence-corrected chi connectivity index (χ2v) is 10.5. The quantitative estimate of drug-likeness (QED) is 0.797. The Bertz CT molecular complexity index is 1040. The maximum Gasteiger partial charge on any atom is 0.262 e. The van der Waals surface area contributed by atoms with Crippen LogP contribution in [-0.2, 0) is 20.2 Å². The molecule has 0 radical (unpaired) electrons. The number of benzene rings is 2. The Balaban J connectivity index is 1.86. The largest absolute Gasteiger partial charge is 0.375 e. The molecule has 1 N–H and O–H groups in total. The number of hydrogen-bond donors (Lipinski definition) is 1. The van der Waals surface area contributed by atoms with Gasteiger partial charge in [0.25, 0.3) is 15.9 Å². The molecule has 1 aliphatic heterocycles. The lowest BCUT2D eigenvalue weighted by Gasteiger charge is -2.31. The van der Waals surface area contributed by atoms with Crippen molar-refractivity contribution < 1.29 is 17.9 Å². The number of amides is 1. The predicted octanol–water partition coefficient (Wildman–Crippen LogP) is 3.95. The maximum atomic E-state index is 13.1. The number of aryl methyl sites for hydroxylation is 1. The van der Waals surface area contributed by atoms with E-state index in [0.29, 0.717) is 36.5 Å². The zero-order valence-corrected chi connectivity index (χ0v) is 19.0. The summed E-state index contributed by atoms with van der Waals surface area (Å²) in [5.41, 5.74) is 2.26. The number of nitrogens with zero attached hydrogens (tertiary/aromatic N) is 1. The molecule has 0 spiro atoms. The Morgan fingerprint density at radius 2 is 1.90 bits per heavy atom. The lowest BCUT2D eigenvalue weighted by atomic mass is 9.87. The van der Waals surface area contributed by atoms with Crippen LogP contribution >= 0.6 is 0 Å². The summed E-state index contributed by atoms with van der Waals surface area (Å²) in [6.45, 7) is 11.4. The van der Waals surface area contributed by atoms with Crippen LogP contribution in [0.15, 0.2) is 47.4 Å². The van der Waals surface area contributed by atoms with Crippen molar-refractivity contribution in [2.45, 2.75) is 51.0 Å². The summed E-state index contributed by atoms with van der Waals surface area (Å²) in [5.74, 6) is -0.128. The van der Waals surface area contributed by atoms with Crippen molar-refractivity contribution in [3.05, 3.63) is 59.2 Å². The molecular formula is C23H30N2O4S. The minimum atomic E-state index is -3.80. The van der Waals surface area contributed by atoms with E-state index >= 15 is 0 Å². The van der Waals surface area contributed by atoms with Gasteiger partial charge in [-0.2, -0.15) is 0 Å². The summed E-state index contributed by atoms with van der Waals surface area (Å²) >= 11 is 0. The standard InChI is InChI=1S/C23H30N2O4S/c1-16-9-10-19(23(3,4)5)14-21(16)30(27,28)24-20-8-6-7-18(13-20)22(26)25-11-12-29-17(2)15-25/h6-10,13-14,17,24H,11-12,15H2,1-5H3. The first-order valence-electron chi connectivity index (χ1n) is 10.1. The van der Waals surface area contributed by atoms with Crippen LogP contribution in [0, 0.1) is 6.92 Å². The second kappa shape index (κ2) is 8.40. The zero-order chi connectivity index (χ0) is 22.1. The van der Waals surface area contributed by atoms with E-state index in [4.69, 9.17) is 4.74 Å². The van der Waals surface area contributed by atoms with E-state index in [2.05, 4.69) is 4.72 Å². The third-order valence-electron chi connectivity index (χ3n) is 5.23. The van der Waals surface area contributed by atoms with Crippen LogP contribution in [0.25, 0.3) is 0 Å². The van der Waals surface area contributed by atoms with Crippen molar-refractivity contribution in [1.29, 1.82) is 0 Å². The van der Waals surface area contributed by atoms with E-state index in [0.717, 1.165) is 5.56 Å². The molecule has 1 aliphatic rings. The van der Waals surface area contributed by atoms with Crippen LogP contribution < -0.4 is 4.72 Å². The molecule has 2 aromatic carbocycles. The van der Waals surface area contributed by atoms with Crippen molar-refractivity contribution in [2.24, 2.45) is 0 Å². The highest BCUT2D eigenvalue weighted by molar-refractivity contribution is 7.92. The van der Waals surface area contributed by atoms with Gasteiger partial charge in [-0.1, -0.05) is 39.0 Å². The molecule has 30 heavy (non-hydrogen) atoms. The first-order valence-corrected chi connectivity index (χ1v) is 11.6. The van der Waals surface area contributed by atoms with E-state index in [1.54, 1.807) is 42.2 Å². The zero-order valence-electron chi connectivity index (χ0n) is 18.2. The van der Waals surface area contributed by atoms with Gasteiger partial charge in [-0.15, -0.1) is 0 Å². The summed E-state index contributed by atoms with van der Waals surface area (Å²) in [7, 11) is -3.80. The Morgan fingerprint density at radius 3 is 2.57 bits per heavy atom. The topological polar surface area (TPSA) is 75.7 Å². The molecule has 3 rings (SSSR count). The molecule has 0 bridgehead atoms. The van der Waals surface area contributed by atoms with Gasteiger partial charge in [0.05, 0.1) is 17.6 Å². The summed E-state index contributed by atoms with van der Waals surface area (Å²) in [6.07, 6.45) is -0.0116. The molecule has 1 saturated heterocycles. The maximum absolute atomic E-state index is 13.1. The number of anilines is 1. The van der Waals surface area contributed by atoms with E-state index in [9.17, 15) is 13.2 Å². The lowest BCUT2D eigenvalue weighted by Crippen LogP contribution is -2.44. The molecule has 162 valence electrons. The van der Waals surface area contributed by atoms with Crippen molar-refractivity contribution in [1.82, 2.24) is 4.90 Å². The number of carbonyl (C=O) groups is 1. The number of hydrogen-bond acceptors (Lipinski definition) is 4. The molecule has 1 fully saturated rings. The molecule has 6 nitrogen and oxygen atoms in total. The minimum Gasteiger partial charge on any atom is -0.375 e. The van der Waals surface area contributed by atoms with Crippen molar-refractivity contribution in [2.75, 3.05) is 24.4 Å². The first-order chi connectivity index (χ1) is 14.0. The fraction of sp³-hybridized carbons (Fsp3) is 0.435. The van der Waals surface area contributed by atoms with Gasteiger partial charge in [0.1, 0.15) is 0 Å². The molecule has 0 aliphatic carbocycles. The molecule has 0 aromatic heterocycles. The van der Waals surface area contributed by atoms with Crippen LogP contribution in [0.5, 0.6) is 0 Å². The Hall–Kier alpha value is -2.38. The Labute approximate surface area is 179 Å². The SMILES string of the molecule is Cc1ccc(C(C)(C)C)cc1S(=O)(=O)Nc1cccc(C(=O)N2CCOC(C)C2)c1. The minimum absolute atomic E-state index is 0.0116. The van der Waals surface area contributed by atoms with Gasteiger partial charge in [-0.3, -0.25) is 9.52 Å². The molecule has 1 amide bonds. The molecular weight excluding hydrogens is 400 g/mol. The van der Waals surface area contributed by atoms with Gasteiger partial charge in [0.15, 0.2) is 0 Å². The van der Waals surface area contributed by atoms with Crippen molar-refractivity contribution in [3.8, 4) is 0 Å². The lowest BCUT2D eigenvalue weighted by molar-refractivity contribution is -0.0124. The van der Waals surface area contributed by atoms with Crippen molar-refractivity contribution >= 4 is 21.6 Å². The smallest absolute Gasteiger partial charge is 0.262 e. The Morgan fingerprint density at radius 1 is 1.17 bits per heavy atom. The number of rotatable bonds is 4. The number of carbonyl (C=O) groups excluding carboxylic acids is 1. The monoisotopic (exact) mass is 430 g/mol. The second-order valence-electron chi connectivity index (χ2n) is 8.85. The summed E-state index contributed by atoms with van der Waals surface area (Å²) < 4.78 is 34.3. The third-order valence-corrected chi connectivity index (χ3v) is 6.76. The normalized spacial score (nSPS) is 17.6. The fourth-order valence-corrected chi connectivity index (χ4v) is 4.79. The van der Waals surface area contributed by atoms with E-state index in [-0.39, 0.29) is 22.3 Å². The third kappa shape index (κ3) is 5.02. The van der Waals surface area contributed by atoms with Gasteiger partial charge < -0.3 is 9.64 Å². The van der Waals surface area contributed by atoms with Crippen LogP contribution in [-0.4, -0.2) is 45.0 Å². The summed E-state index contributed by atoms with van der Waals surface area (Å²) in [6, 6.07) is 12.1. The summed E-state index contributed by atoms with van der Waals surface area (Å²) in [5, 5.41) is 0. The highest BCUT2D eigenvalue weighted by Gasteiger charge is 2.24. The highest BCUT2D eigenvalue weighted by atomic mass is 32.2. The molecule has 1 unspecified atom stereocenters. The number of ether oxygens (including phenoxy) is 1. The molecule has 7 heteroatoms. The van der Waals surface area contributed by atoms with Gasteiger partial charge in [-0.05, 0) is 54.7 Å².